The van der Waals surface area contributed by atoms with Crippen LogP contribution < -0.4 is 0 Å². The molecule has 0 aromatic heterocycles. The third-order valence-electron chi connectivity index (χ3n) is 2.12. The first-order valence-corrected chi connectivity index (χ1v) is 4.18. The Morgan fingerprint density at radius 1 is 0.900 bits per heavy atom. The van der Waals surface area contributed by atoms with Crippen LogP contribution in [0.3, 0.4) is 0 Å². The van der Waals surface area contributed by atoms with Crippen molar-refractivity contribution in [1.29, 1.82) is 5.26 Å². The molecule has 0 amide bonds. The number of nitrogens with zero attached hydrogens (tertiary/aromatic N) is 1. The van der Waals surface area contributed by atoms with Crippen molar-refractivity contribution in [3.8, 4) is 6.07 Å². The van der Waals surface area contributed by atoms with E-state index in [1.165, 1.54) is 32.1 Å². The largest absolute Gasteiger partial charge is 0.198 e. The lowest BCUT2D eigenvalue weighted by Crippen LogP contribution is -1.97. The SMILES string of the molecule is N#C[C]1CCCCCCC1. The molecule has 0 saturated heterocycles. The molecule has 1 aliphatic rings. The lowest BCUT2D eigenvalue weighted by atomic mass is 9.92. The van der Waals surface area contributed by atoms with Crippen molar-refractivity contribution in [2.75, 3.05) is 0 Å². The summed E-state index contributed by atoms with van der Waals surface area (Å²) in [6.07, 6.45) is 8.63. The maximum atomic E-state index is 8.62. The molecular formula is C9H14N. The van der Waals surface area contributed by atoms with E-state index in [4.69, 9.17) is 5.26 Å². The molecule has 1 saturated carbocycles. The van der Waals surface area contributed by atoms with Gasteiger partial charge in [-0.05, 0) is 12.8 Å². The number of hydrogen-bond acceptors (Lipinski definition) is 1. The second-order valence-corrected chi connectivity index (χ2v) is 2.98. The topological polar surface area (TPSA) is 23.8 Å². The van der Waals surface area contributed by atoms with E-state index in [1.54, 1.807) is 0 Å². The minimum atomic E-state index is 1.07. The van der Waals surface area contributed by atoms with Crippen molar-refractivity contribution in [1.82, 2.24) is 0 Å². The van der Waals surface area contributed by atoms with E-state index in [0.717, 1.165) is 18.8 Å². The molecule has 0 N–H and O–H groups in total. The van der Waals surface area contributed by atoms with Crippen molar-refractivity contribution in [3.63, 3.8) is 0 Å². The summed E-state index contributed by atoms with van der Waals surface area (Å²) in [6.45, 7) is 0. The third-order valence-corrected chi connectivity index (χ3v) is 2.12. The van der Waals surface area contributed by atoms with E-state index < -0.39 is 0 Å². The highest BCUT2D eigenvalue weighted by Gasteiger charge is 2.09. The lowest BCUT2D eigenvalue weighted by molar-refractivity contribution is 0.544. The summed E-state index contributed by atoms with van der Waals surface area (Å²) >= 11 is 0. The van der Waals surface area contributed by atoms with E-state index in [1.807, 2.05) is 0 Å². The van der Waals surface area contributed by atoms with Gasteiger partial charge in [0.05, 0.1) is 12.0 Å². The molecule has 1 heteroatoms. The van der Waals surface area contributed by atoms with Crippen molar-refractivity contribution >= 4 is 0 Å². The minimum absolute atomic E-state index is 1.07. The van der Waals surface area contributed by atoms with Crippen LogP contribution in [0.15, 0.2) is 0 Å². The van der Waals surface area contributed by atoms with Crippen molar-refractivity contribution in [2.45, 2.75) is 44.9 Å². The standard InChI is InChI=1S/C9H14N/c10-8-9-6-4-2-1-3-5-7-9/h1-7H2. The van der Waals surface area contributed by atoms with E-state index in [0.29, 0.717) is 0 Å². The van der Waals surface area contributed by atoms with Crippen molar-refractivity contribution in [3.05, 3.63) is 5.92 Å². The molecule has 0 aromatic carbocycles. The zero-order valence-electron chi connectivity index (χ0n) is 6.40. The first-order chi connectivity index (χ1) is 4.93. The van der Waals surface area contributed by atoms with E-state index in [-0.39, 0.29) is 0 Å². The van der Waals surface area contributed by atoms with Crippen LogP contribution in [0.5, 0.6) is 0 Å². The molecule has 0 heterocycles. The van der Waals surface area contributed by atoms with Crippen LogP contribution in [0.4, 0.5) is 0 Å². The Morgan fingerprint density at radius 3 is 1.90 bits per heavy atom. The van der Waals surface area contributed by atoms with Gasteiger partial charge in [-0.25, -0.2) is 0 Å². The van der Waals surface area contributed by atoms with Gasteiger partial charge in [0.1, 0.15) is 0 Å². The predicted octanol–water partition coefficient (Wildman–Crippen LogP) is 2.83. The fourth-order valence-electron chi connectivity index (χ4n) is 1.44. The van der Waals surface area contributed by atoms with Crippen LogP contribution in [0.1, 0.15) is 44.9 Å². The van der Waals surface area contributed by atoms with Crippen LogP contribution in [0.25, 0.3) is 0 Å². The zero-order chi connectivity index (χ0) is 7.23. The van der Waals surface area contributed by atoms with Gasteiger partial charge in [0, 0.05) is 0 Å². The molecule has 1 rings (SSSR count). The number of nitriles is 1. The second kappa shape index (κ2) is 4.33. The van der Waals surface area contributed by atoms with Gasteiger partial charge in [-0.2, -0.15) is 5.26 Å². The van der Waals surface area contributed by atoms with Gasteiger partial charge in [-0.3, -0.25) is 0 Å². The predicted molar refractivity (Wildman–Crippen MR) is 41.2 cm³/mol. The van der Waals surface area contributed by atoms with Gasteiger partial charge in [-0.1, -0.05) is 32.1 Å². The quantitative estimate of drug-likeness (QED) is 0.502. The molecule has 1 fully saturated rings. The molecule has 0 bridgehead atoms. The van der Waals surface area contributed by atoms with Crippen LogP contribution in [-0.2, 0) is 0 Å². The Balaban J connectivity index is 2.24. The second-order valence-electron chi connectivity index (χ2n) is 2.98. The van der Waals surface area contributed by atoms with Gasteiger partial charge in [-0.15, -0.1) is 0 Å². The van der Waals surface area contributed by atoms with Crippen LogP contribution in [0.2, 0.25) is 0 Å². The van der Waals surface area contributed by atoms with Crippen molar-refractivity contribution in [2.24, 2.45) is 0 Å². The summed E-state index contributed by atoms with van der Waals surface area (Å²) in [4.78, 5) is 0. The molecule has 0 atom stereocenters. The summed E-state index contributed by atoms with van der Waals surface area (Å²) in [6, 6.07) is 2.29. The van der Waals surface area contributed by atoms with Gasteiger partial charge in [0.25, 0.3) is 0 Å². The van der Waals surface area contributed by atoms with Crippen molar-refractivity contribution < 1.29 is 0 Å². The van der Waals surface area contributed by atoms with Crippen LogP contribution in [0, 0.1) is 17.2 Å². The van der Waals surface area contributed by atoms with Gasteiger partial charge in [0.2, 0.25) is 0 Å². The number of hydrogen-bond donors (Lipinski definition) is 0. The maximum Gasteiger partial charge on any atom is 0.0760 e. The highest BCUT2D eigenvalue weighted by Crippen LogP contribution is 2.22. The first kappa shape index (κ1) is 7.60. The molecule has 1 nitrogen and oxygen atoms in total. The summed E-state index contributed by atoms with van der Waals surface area (Å²) in [5.74, 6) is 1.12. The number of rotatable bonds is 0. The summed E-state index contributed by atoms with van der Waals surface area (Å²) < 4.78 is 0. The average molecular weight is 136 g/mol. The normalized spacial score (nSPS) is 22.7. The fraction of sp³-hybridized carbons (Fsp3) is 0.778. The highest BCUT2D eigenvalue weighted by atomic mass is 14.3. The molecule has 0 aliphatic heterocycles. The Morgan fingerprint density at radius 2 is 1.40 bits per heavy atom. The van der Waals surface area contributed by atoms with Crippen LogP contribution >= 0.6 is 0 Å². The monoisotopic (exact) mass is 136 g/mol. The molecule has 1 aliphatic carbocycles. The minimum Gasteiger partial charge on any atom is -0.198 e. The summed E-state index contributed by atoms with van der Waals surface area (Å²) in [5.41, 5.74) is 0. The third kappa shape index (κ3) is 2.39. The molecular weight excluding hydrogens is 122 g/mol. The van der Waals surface area contributed by atoms with E-state index >= 15 is 0 Å². The lowest BCUT2D eigenvalue weighted by Gasteiger charge is -2.11. The Bertz CT molecular complexity index is 115. The molecule has 0 aromatic rings. The van der Waals surface area contributed by atoms with E-state index in [2.05, 4.69) is 6.07 Å². The maximum absolute atomic E-state index is 8.62. The van der Waals surface area contributed by atoms with Gasteiger partial charge in [0.15, 0.2) is 0 Å². The Kier molecular flexibility index (Phi) is 3.29. The average Bonchev–Trinajstić information content (AvgIpc) is 1.87. The zero-order valence-corrected chi connectivity index (χ0v) is 6.40. The molecule has 55 valence electrons. The molecule has 0 spiro atoms. The smallest absolute Gasteiger partial charge is 0.0760 e. The Labute approximate surface area is 63.0 Å². The first-order valence-electron chi connectivity index (χ1n) is 4.18. The van der Waals surface area contributed by atoms with Gasteiger partial charge < -0.3 is 0 Å². The molecule has 0 unspecified atom stereocenters. The van der Waals surface area contributed by atoms with E-state index in [9.17, 15) is 0 Å². The summed E-state index contributed by atoms with van der Waals surface area (Å²) in [5, 5.41) is 8.62. The highest BCUT2D eigenvalue weighted by molar-refractivity contribution is 5.10. The molecule has 1 radical (unpaired) electrons. The fourth-order valence-corrected chi connectivity index (χ4v) is 1.44. The Hall–Kier alpha value is -0.510. The molecule has 10 heavy (non-hydrogen) atoms. The summed E-state index contributed by atoms with van der Waals surface area (Å²) in [7, 11) is 0. The van der Waals surface area contributed by atoms with Gasteiger partial charge >= 0.3 is 0 Å². The van der Waals surface area contributed by atoms with Crippen LogP contribution in [-0.4, -0.2) is 0 Å².